The molecule has 3 aromatic carbocycles. The van der Waals surface area contributed by atoms with E-state index in [9.17, 15) is 23.1 Å². The fourth-order valence-corrected chi connectivity index (χ4v) is 3.59. The van der Waals surface area contributed by atoms with Gasteiger partial charge in [0, 0.05) is 5.56 Å². The number of hydrogen-bond donors (Lipinski definition) is 4. The molecule has 0 saturated heterocycles. The first-order valence-corrected chi connectivity index (χ1v) is 10.7. The van der Waals surface area contributed by atoms with Crippen molar-refractivity contribution in [2.45, 2.75) is 17.4 Å². The fourth-order valence-electron chi connectivity index (χ4n) is 3.07. The summed E-state index contributed by atoms with van der Waals surface area (Å²) in [5.41, 5.74) is 13.2. The third-order valence-electron chi connectivity index (χ3n) is 5.00. The second-order valence-corrected chi connectivity index (χ2v) is 8.88. The average Bonchev–Trinajstić information content (AvgIpc) is 2.73. The highest BCUT2D eigenvalue weighted by Crippen LogP contribution is 2.30. The lowest BCUT2D eigenvalue weighted by Gasteiger charge is -2.20. The third kappa shape index (κ3) is 4.64. The van der Waals surface area contributed by atoms with Crippen molar-refractivity contribution < 1.29 is 23.1 Å². The van der Waals surface area contributed by atoms with Gasteiger partial charge in [0.2, 0.25) is 15.9 Å². The number of benzene rings is 3. The average molecular weight is 439 g/mol. The number of hydrogen-bond acceptors (Lipinski definition) is 5. The first kappa shape index (κ1) is 22.2. The number of aliphatic carboxylic acids is 1. The summed E-state index contributed by atoms with van der Waals surface area (Å²) >= 11 is 0. The Hall–Kier alpha value is -3.53. The Morgan fingerprint density at radius 2 is 1.29 bits per heavy atom. The Kier molecular flexibility index (Phi) is 5.68. The summed E-state index contributed by atoms with van der Waals surface area (Å²) in [5, 5.41) is 14.4. The van der Waals surface area contributed by atoms with Crippen LogP contribution >= 0.6 is 0 Å². The second-order valence-electron chi connectivity index (χ2n) is 7.32. The number of nitrogens with two attached hydrogens (primary N) is 3. The monoisotopic (exact) mass is 439 g/mol. The first-order chi connectivity index (χ1) is 14.4. The van der Waals surface area contributed by atoms with Crippen molar-refractivity contribution in [3.05, 3.63) is 77.9 Å². The van der Waals surface area contributed by atoms with Gasteiger partial charge in [-0.25, -0.2) is 18.4 Å². The number of carbonyl (C=O) groups is 2. The molecule has 1 amide bonds. The molecule has 0 fully saturated rings. The number of primary amides is 1. The smallest absolute Gasteiger partial charge is 0.328 e. The lowest BCUT2D eigenvalue weighted by Crippen LogP contribution is -2.41. The molecule has 0 aromatic heterocycles. The maximum atomic E-state index is 11.9. The third-order valence-corrected chi connectivity index (χ3v) is 5.93. The molecule has 0 saturated carbocycles. The molecular weight excluding hydrogens is 418 g/mol. The highest BCUT2D eigenvalue weighted by Gasteiger charge is 2.30. The van der Waals surface area contributed by atoms with E-state index in [0.29, 0.717) is 22.3 Å². The highest BCUT2D eigenvalue weighted by molar-refractivity contribution is 7.89. The SMILES string of the molecule is CC(N)(C(=O)O)c1ccc(-c2cc(C(N)=O)cc(-c3ccc(S(N)(=O)=O)cc3)c2)cc1. The van der Waals surface area contributed by atoms with E-state index in [4.69, 9.17) is 16.6 Å². The summed E-state index contributed by atoms with van der Waals surface area (Å²) in [5.74, 6) is -1.78. The van der Waals surface area contributed by atoms with Crippen molar-refractivity contribution in [3.8, 4) is 22.3 Å². The van der Waals surface area contributed by atoms with E-state index in [-0.39, 0.29) is 10.5 Å². The summed E-state index contributed by atoms with van der Waals surface area (Å²) in [6, 6.07) is 17.6. The molecule has 0 heterocycles. The second kappa shape index (κ2) is 7.95. The molecule has 0 spiro atoms. The van der Waals surface area contributed by atoms with E-state index >= 15 is 0 Å². The molecule has 0 aliphatic carbocycles. The van der Waals surface area contributed by atoms with Crippen LogP contribution in [0.25, 0.3) is 22.3 Å². The van der Waals surface area contributed by atoms with Crippen LogP contribution in [0.4, 0.5) is 0 Å². The largest absolute Gasteiger partial charge is 0.480 e. The normalized spacial score (nSPS) is 13.4. The summed E-state index contributed by atoms with van der Waals surface area (Å²) in [6.07, 6.45) is 0. The van der Waals surface area contributed by atoms with Crippen molar-refractivity contribution in [2.24, 2.45) is 16.6 Å². The molecule has 3 aromatic rings. The predicted molar refractivity (Wildman–Crippen MR) is 116 cm³/mol. The molecular formula is C22H21N3O5S. The van der Waals surface area contributed by atoms with E-state index in [1.807, 2.05) is 6.07 Å². The Bertz CT molecular complexity index is 1270. The lowest BCUT2D eigenvalue weighted by atomic mass is 9.90. The van der Waals surface area contributed by atoms with E-state index in [1.54, 1.807) is 48.5 Å². The maximum Gasteiger partial charge on any atom is 0.328 e. The molecule has 0 bridgehead atoms. The number of carboxylic acids is 1. The van der Waals surface area contributed by atoms with Gasteiger partial charge >= 0.3 is 5.97 Å². The molecule has 9 heteroatoms. The molecule has 0 radical (unpaired) electrons. The molecule has 3 rings (SSSR count). The molecule has 7 N–H and O–H groups in total. The number of amides is 1. The number of carboxylic acid groups (broad SMARTS) is 1. The molecule has 0 aliphatic heterocycles. The quantitative estimate of drug-likeness (QED) is 0.458. The summed E-state index contributed by atoms with van der Waals surface area (Å²) in [6.45, 7) is 1.40. The van der Waals surface area contributed by atoms with Gasteiger partial charge in [0.25, 0.3) is 0 Å². The zero-order valence-corrected chi connectivity index (χ0v) is 17.4. The van der Waals surface area contributed by atoms with Gasteiger partial charge in [0.15, 0.2) is 0 Å². The van der Waals surface area contributed by atoms with Crippen LogP contribution in [-0.4, -0.2) is 25.4 Å². The summed E-state index contributed by atoms with van der Waals surface area (Å²) in [4.78, 5) is 23.2. The lowest BCUT2D eigenvalue weighted by molar-refractivity contribution is -0.143. The van der Waals surface area contributed by atoms with E-state index in [2.05, 4.69) is 0 Å². The number of carbonyl (C=O) groups excluding carboxylic acids is 1. The molecule has 1 atom stereocenters. The van der Waals surface area contributed by atoms with Crippen molar-refractivity contribution in [1.82, 2.24) is 0 Å². The fraction of sp³-hybridized carbons (Fsp3) is 0.0909. The molecule has 0 aliphatic rings. The van der Waals surface area contributed by atoms with Crippen LogP contribution < -0.4 is 16.6 Å². The Morgan fingerprint density at radius 3 is 1.68 bits per heavy atom. The van der Waals surface area contributed by atoms with Crippen molar-refractivity contribution >= 4 is 21.9 Å². The standard InChI is InChI=1S/C22H21N3O5S/c1-22(24,21(27)28)18-6-2-13(3-7-18)15-10-16(12-17(11-15)20(23)26)14-4-8-19(9-5-14)31(25,29)30/h2-12H,24H2,1H3,(H2,23,26)(H,27,28)(H2,25,29,30). The van der Waals surface area contributed by atoms with Crippen LogP contribution in [-0.2, 0) is 20.4 Å². The van der Waals surface area contributed by atoms with Crippen LogP contribution in [0.2, 0.25) is 0 Å². The minimum Gasteiger partial charge on any atom is -0.480 e. The van der Waals surface area contributed by atoms with Crippen LogP contribution in [0, 0.1) is 0 Å². The molecule has 31 heavy (non-hydrogen) atoms. The van der Waals surface area contributed by atoms with Crippen molar-refractivity contribution in [3.63, 3.8) is 0 Å². The Labute approximate surface area is 179 Å². The number of rotatable bonds is 6. The van der Waals surface area contributed by atoms with Gasteiger partial charge in [-0.1, -0.05) is 36.4 Å². The van der Waals surface area contributed by atoms with Crippen molar-refractivity contribution in [2.75, 3.05) is 0 Å². The van der Waals surface area contributed by atoms with Crippen LogP contribution in [0.1, 0.15) is 22.8 Å². The molecule has 8 nitrogen and oxygen atoms in total. The number of primary sulfonamides is 1. The zero-order chi connectivity index (χ0) is 23.0. The maximum absolute atomic E-state index is 11.9. The number of sulfonamides is 1. The van der Waals surface area contributed by atoms with Gasteiger partial charge in [-0.2, -0.15) is 0 Å². The summed E-state index contributed by atoms with van der Waals surface area (Å²) < 4.78 is 22.9. The van der Waals surface area contributed by atoms with Gasteiger partial charge in [-0.05, 0) is 65.1 Å². The van der Waals surface area contributed by atoms with E-state index in [1.165, 1.54) is 19.1 Å². The van der Waals surface area contributed by atoms with Crippen LogP contribution in [0.15, 0.2) is 71.6 Å². The summed E-state index contributed by atoms with van der Waals surface area (Å²) in [7, 11) is -3.82. The van der Waals surface area contributed by atoms with Gasteiger partial charge in [0.05, 0.1) is 4.90 Å². The highest BCUT2D eigenvalue weighted by atomic mass is 32.2. The van der Waals surface area contributed by atoms with Crippen LogP contribution in [0.3, 0.4) is 0 Å². The predicted octanol–water partition coefficient (Wildman–Crippen LogP) is 2.03. The minimum absolute atomic E-state index is 0.0265. The van der Waals surface area contributed by atoms with Crippen LogP contribution in [0.5, 0.6) is 0 Å². The first-order valence-electron chi connectivity index (χ1n) is 9.11. The van der Waals surface area contributed by atoms with Gasteiger partial charge in [-0.3, -0.25) is 4.79 Å². The van der Waals surface area contributed by atoms with Gasteiger partial charge in [-0.15, -0.1) is 0 Å². The minimum atomic E-state index is -3.82. The topological polar surface area (TPSA) is 167 Å². The zero-order valence-electron chi connectivity index (χ0n) is 16.6. The molecule has 1 unspecified atom stereocenters. The Morgan fingerprint density at radius 1 is 0.839 bits per heavy atom. The van der Waals surface area contributed by atoms with Gasteiger partial charge < -0.3 is 16.6 Å². The van der Waals surface area contributed by atoms with E-state index < -0.39 is 27.4 Å². The van der Waals surface area contributed by atoms with Gasteiger partial charge in [0.1, 0.15) is 5.54 Å². The van der Waals surface area contributed by atoms with E-state index in [0.717, 1.165) is 5.56 Å². The molecule has 160 valence electrons. The van der Waals surface area contributed by atoms with Crippen molar-refractivity contribution in [1.29, 1.82) is 0 Å². The Balaban J connectivity index is 2.07.